The summed E-state index contributed by atoms with van der Waals surface area (Å²) in [6.45, 7) is -0.331. The minimum absolute atomic E-state index is 0.0629. The Labute approximate surface area is 208 Å². The molecule has 0 unspecified atom stereocenters. The van der Waals surface area contributed by atoms with Gasteiger partial charge in [-0.25, -0.2) is 5.43 Å². The monoisotopic (exact) mass is 520 g/mol. The number of non-ortho nitro benzene ring substituents is 1. The van der Waals surface area contributed by atoms with E-state index in [1.807, 2.05) is 0 Å². The Kier molecular flexibility index (Phi) is 8.42. The number of halogens is 3. The lowest BCUT2D eigenvalue weighted by Crippen LogP contribution is -2.20. The summed E-state index contributed by atoms with van der Waals surface area (Å²) in [5.74, 6) is -0.817. The third-order valence-corrected chi connectivity index (χ3v) is 5.20. The van der Waals surface area contributed by atoms with Gasteiger partial charge in [0.05, 0.1) is 21.2 Å². The fourth-order valence-corrected chi connectivity index (χ4v) is 3.13. The van der Waals surface area contributed by atoms with E-state index >= 15 is 0 Å². The summed E-state index contributed by atoms with van der Waals surface area (Å²) in [5.41, 5.74) is 2.95. The van der Waals surface area contributed by atoms with Gasteiger partial charge in [0, 0.05) is 34.0 Å². The van der Waals surface area contributed by atoms with Crippen LogP contribution in [-0.2, 0) is 4.79 Å². The van der Waals surface area contributed by atoms with Gasteiger partial charge in [0.2, 0.25) is 0 Å². The number of nitro benzene ring substituents is 1. The van der Waals surface area contributed by atoms with Crippen LogP contribution in [-0.4, -0.2) is 29.6 Å². The van der Waals surface area contributed by atoms with Gasteiger partial charge in [-0.3, -0.25) is 19.7 Å². The van der Waals surface area contributed by atoms with E-state index in [0.717, 1.165) is 6.07 Å². The highest BCUT2D eigenvalue weighted by molar-refractivity contribution is 6.42. The number of nitrogens with one attached hydrogen (secondary N) is 2. The normalized spacial score (nSPS) is 10.7. The summed E-state index contributed by atoms with van der Waals surface area (Å²) in [6.07, 6.45) is 1.27. The first-order chi connectivity index (χ1) is 16.2. The zero-order valence-corrected chi connectivity index (χ0v) is 19.4. The number of anilines is 1. The molecule has 0 fully saturated rings. The van der Waals surface area contributed by atoms with Gasteiger partial charge in [-0.2, -0.15) is 5.10 Å². The van der Waals surface area contributed by atoms with Crippen LogP contribution in [0.15, 0.2) is 65.8 Å². The molecule has 2 N–H and O–H groups in total. The van der Waals surface area contributed by atoms with Gasteiger partial charge in [-0.15, -0.1) is 0 Å². The molecule has 9 nitrogen and oxygen atoms in total. The molecule has 0 aromatic heterocycles. The van der Waals surface area contributed by atoms with Gasteiger partial charge < -0.3 is 10.1 Å². The minimum atomic E-state index is -0.648. The van der Waals surface area contributed by atoms with Gasteiger partial charge >= 0.3 is 0 Å². The molecule has 0 bridgehead atoms. The van der Waals surface area contributed by atoms with Crippen LogP contribution in [0.25, 0.3) is 0 Å². The van der Waals surface area contributed by atoms with Crippen molar-refractivity contribution in [3.63, 3.8) is 0 Å². The topological polar surface area (TPSA) is 123 Å². The molecule has 0 aliphatic carbocycles. The van der Waals surface area contributed by atoms with Gasteiger partial charge in [-0.1, -0.05) is 40.9 Å². The average Bonchev–Trinajstić information content (AvgIpc) is 2.81. The minimum Gasteiger partial charge on any atom is -0.483 e. The predicted octanol–water partition coefficient (Wildman–Crippen LogP) is 5.34. The number of hydrogen-bond acceptors (Lipinski definition) is 6. The SMILES string of the molecule is O=C(COc1ccc(Cl)cc1/C=N/NC(=O)c1cccc([N+](=O)[O-])c1)Nc1ccc(Cl)c(Cl)c1. The zero-order chi connectivity index (χ0) is 24.7. The molecule has 0 heterocycles. The maximum absolute atomic E-state index is 12.2. The second-order valence-corrected chi connectivity index (χ2v) is 7.91. The van der Waals surface area contributed by atoms with E-state index in [-0.39, 0.29) is 23.6 Å². The van der Waals surface area contributed by atoms with E-state index in [9.17, 15) is 19.7 Å². The molecular weight excluding hydrogens is 507 g/mol. The third kappa shape index (κ3) is 6.92. The van der Waals surface area contributed by atoms with Crippen molar-refractivity contribution in [2.45, 2.75) is 0 Å². The summed E-state index contributed by atoms with van der Waals surface area (Å²) in [4.78, 5) is 34.7. The van der Waals surface area contributed by atoms with Gasteiger partial charge in [0.1, 0.15) is 5.75 Å². The van der Waals surface area contributed by atoms with Crippen LogP contribution in [0.4, 0.5) is 11.4 Å². The standard InChI is InChI=1S/C22H15Cl3N4O5/c23-15-4-7-20(34-12-21(30)27-16-5-6-18(24)19(25)10-16)14(8-15)11-26-28-22(31)13-2-1-3-17(9-13)29(32)33/h1-11H,12H2,(H,27,30)(H,28,31)/b26-11+. The Bertz CT molecular complexity index is 1280. The quantitative estimate of drug-likeness (QED) is 0.235. The fraction of sp³-hybridized carbons (Fsp3) is 0.0455. The van der Waals surface area contributed by atoms with Crippen LogP contribution in [0.3, 0.4) is 0 Å². The lowest BCUT2D eigenvalue weighted by molar-refractivity contribution is -0.384. The summed E-state index contributed by atoms with van der Waals surface area (Å²) >= 11 is 17.8. The predicted molar refractivity (Wildman–Crippen MR) is 130 cm³/mol. The van der Waals surface area contributed by atoms with Crippen molar-refractivity contribution >= 4 is 64.2 Å². The molecule has 12 heteroatoms. The smallest absolute Gasteiger partial charge is 0.271 e. The summed E-state index contributed by atoms with van der Waals surface area (Å²) in [7, 11) is 0. The van der Waals surface area contributed by atoms with E-state index in [4.69, 9.17) is 39.5 Å². The van der Waals surface area contributed by atoms with E-state index in [1.54, 1.807) is 24.3 Å². The van der Waals surface area contributed by atoms with E-state index in [0.29, 0.717) is 26.3 Å². The first-order valence-corrected chi connectivity index (χ1v) is 10.6. The van der Waals surface area contributed by atoms with Crippen molar-refractivity contribution < 1.29 is 19.2 Å². The van der Waals surface area contributed by atoms with E-state index in [2.05, 4.69) is 15.8 Å². The lowest BCUT2D eigenvalue weighted by Gasteiger charge is -2.10. The summed E-state index contributed by atoms with van der Waals surface area (Å²) in [5, 5.41) is 18.4. The largest absolute Gasteiger partial charge is 0.483 e. The number of hydrogen-bond donors (Lipinski definition) is 2. The molecule has 3 rings (SSSR count). The number of ether oxygens (including phenoxy) is 1. The molecule has 3 aromatic carbocycles. The van der Waals surface area contributed by atoms with Crippen molar-refractivity contribution in [3.05, 3.63) is 97.0 Å². The van der Waals surface area contributed by atoms with Gasteiger partial charge in [-0.05, 0) is 42.5 Å². The van der Waals surface area contributed by atoms with Crippen LogP contribution in [0.5, 0.6) is 5.75 Å². The number of hydrazone groups is 1. The number of benzene rings is 3. The van der Waals surface area contributed by atoms with Crippen LogP contribution < -0.4 is 15.5 Å². The van der Waals surface area contributed by atoms with Crippen molar-refractivity contribution in [1.82, 2.24) is 5.43 Å². The molecule has 0 saturated carbocycles. The molecule has 34 heavy (non-hydrogen) atoms. The maximum Gasteiger partial charge on any atom is 0.271 e. The second kappa shape index (κ2) is 11.5. The molecule has 174 valence electrons. The van der Waals surface area contributed by atoms with Crippen molar-refractivity contribution in [2.75, 3.05) is 11.9 Å². The second-order valence-electron chi connectivity index (χ2n) is 6.65. The molecule has 0 aliphatic heterocycles. The number of rotatable bonds is 8. The number of nitro groups is 1. The third-order valence-electron chi connectivity index (χ3n) is 4.22. The summed E-state index contributed by atoms with van der Waals surface area (Å²) in [6, 6.07) is 14.5. The number of carbonyl (C=O) groups is 2. The molecule has 0 atom stereocenters. The highest BCUT2D eigenvalue weighted by atomic mass is 35.5. The fourth-order valence-electron chi connectivity index (χ4n) is 2.65. The molecule has 0 aliphatic rings. The first kappa shape index (κ1) is 25.0. The highest BCUT2D eigenvalue weighted by Crippen LogP contribution is 2.25. The Balaban J connectivity index is 1.63. The van der Waals surface area contributed by atoms with Crippen molar-refractivity contribution in [2.24, 2.45) is 5.10 Å². The van der Waals surface area contributed by atoms with Crippen LogP contribution >= 0.6 is 34.8 Å². The van der Waals surface area contributed by atoms with E-state index in [1.165, 1.54) is 36.5 Å². The lowest BCUT2D eigenvalue weighted by atomic mass is 10.2. The Hall–Kier alpha value is -3.66. The van der Waals surface area contributed by atoms with Crippen LogP contribution in [0, 0.1) is 10.1 Å². The molecular formula is C22H15Cl3N4O5. The van der Waals surface area contributed by atoms with Crippen molar-refractivity contribution in [1.29, 1.82) is 0 Å². The summed E-state index contributed by atoms with van der Waals surface area (Å²) < 4.78 is 5.56. The molecule has 3 aromatic rings. The average molecular weight is 522 g/mol. The number of nitrogens with zero attached hydrogens (tertiary/aromatic N) is 2. The Morgan fingerprint density at radius 1 is 1.03 bits per heavy atom. The zero-order valence-electron chi connectivity index (χ0n) is 17.1. The highest BCUT2D eigenvalue weighted by Gasteiger charge is 2.12. The molecule has 0 saturated heterocycles. The molecule has 2 amide bonds. The first-order valence-electron chi connectivity index (χ1n) is 9.48. The van der Waals surface area contributed by atoms with E-state index < -0.39 is 16.7 Å². The Morgan fingerprint density at radius 2 is 1.82 bits per heavy atom. The Morgan fingerprint density at radius 3 is 2.56 bits per heavy atom. The van der Waals surface area contributed by atoms with Gasteiger partial charge in [0.25, 0.3) is 17.5 Å². The number of amides is 2. The van der Waals surface area contributed by atoms with Gasteiger partial charge in [0.15, 0.2) is 6.61 Å². The molecule has 0 radical (unpaired) electrons. The van der Waals surface area contributed by atoms with Crippen LogP contribution in [0.1, 0.15) is 15.9 Å². The number of carbonyl (C=O) groups excluding carboxylic acids is 2. The molecule has 0 spiro atoms. The van der Waals surface area contributed by atoms with Crippen molar-refractivity contribution in [3.8, 4) is 5.75 Å². The van der Waals surface area contributed by atoms with Crippen LogP contribution in [0.2, 0.25) is 15.1 Å². The maximum atomic E-state index is 12.2.